The highest BCUT2D eigenvalue weighted by molar-refractivity contribution is 9.10. The van der Waals surface area contributed by atoms with Gasteiger partial charge in [0.15, 0.2) is 0 Å². The first kappa shape index (κ1) is 16.3. The summed E-state index contributed by atoms with van der Waals surface area (Å²) in [6.45, 7) is 2.57. The van der Waals surface area contributed by atoms with Gasteiger partial charge in [0.2, 0.25) is 0 Å². The maximum absolute atomic E-state index is 6.30. The fourth-order valence-corrected chi connectivity index (χ4v) is 2.69. The van der Waals surface area contributed by atoms with E-state index in [1.54, 1.807) is 0 Å². The van der Waals surface area contributed by atoms with Crippen molar-refractivity contribution >= 4 is 27.5 Å². The first-order chi connectivity index (χ1) is 10.1. The molecule has 0 saturated heterocycles. The van der Waals surface area contributed by atoms with Crippen molar-refractivity contribution in [1.82, 2.24) is 0 Å². The van der Waals surface area contributed by atoms with Gasteiger partial charge in [-0.1, -0.05) is 58.7 Å². The molecule has 4 heteroatoms. The highest BCUT2D eigenvalue weighted by Crippen LogP contribution is 2.29. The number of hydrogen-bond acceptors (Lipinski definition) is 2. The van der Waals surface area contributed by atoms with E-state index in [1.807, 2.05) is 42.5 Å². The van der Waals surface area contributed by atoms with Gasteiger partial charge in [-0.2, -0.15) is 0 Å². The monoisotopic (exact) mass is 367 g/mol. The molecule has 0 amide bonds. The van der Waals surface area contributed by atoms with Crippen molar-refractivity contribution in [1.29, 1.82) is 0 Å². The average molecular weight is 369 g/mol. The lowest BCUT2D eigenvalue weighted by atomic mass is 10.0. The van der Waals surface area contributed by atoms with Crippen LogP contribution in [-0.4, -0.2) is 6.04 Å². The van der Waals surface area contributed by atoms with Gasteiger partial charge in [-0.25, -0.2) is 0 Å². The van der Waals surface area contributed by atoms with Gasteiger partial charge in [0, 0.05) is 26.7 Å². The van der Waals surface area contributed by atoms with Gasteiger partial charge in [0.25, 0.3) is 0 Å². The Morgan fingerprint density at radius 1 is 1.19 bits per heavy atom. The molecule has 0 saturated carbocycles. The third-order valence-electron chi connectivity index (χ3n) is 3.41. The molecule has 1 unspecified atom stereocenters. The lowest BCUT2D eigenvalue weighted by Gasteiger charge is -2.16. The molecule has 2 N–H and O–H groups in total. The molecule has 0 aliphatic heterocycles. The molecular weight excluding hydrogens is 350 g/mol. The van der Waals surface area contributed by atoms with Crippen LogP contribution in [0.15, 0.2) is 46.9 Å². The van der Waals surface area contributed by atoms with Gasteiger partial charge in [-0.3, -0.25) is 0 Å². The van der Waals surface area contributed by atoms with Crippen LogP contribution >= 0.6 is 27.5 Å². The molecule has 0 bridgehead atoms. The van der Waals surface area contributed by atoms with E-state index in [-0.39, 0.29) is 6.04 Å². The van der Waals surface area contributed by atoms with Crippen LogP contribution < -0.4 is 10.5 Å². The zero-order valence-electron chi connectivity index (χ0n) is 12.0. The van der Waals surface area contributed by atoms with E-state index in [2.05, 4.69) is 22.9 Å². The van der Waals surface area contributed by atoms with E-state index in [9.17, 15) is 0 Å². The van der Waals surface area contributed by atoms with Crippen LogP contribution in [0.5, 0.6) is 5.75 Å². The number of rotatable bonds is 6. The smallest absolute Gasteiger partial charge is 0.124 e. The van der Waals surface area contributed by atoms with Crippen LogP contribution in [0.3, 0.4) is 0 Å². The maximum atomic E-state index is 6.30. The topological polar surface area (TPSA) is 35.2 Å². The van der Waals surface area contributed by atoms with Crippen molar-refractivity contribution in [2.75, 3.05) is 0 Å². The predicted octanol–water partition coefficient (Wildman–Crippen LogP) is 4.96. The molecule has 2 aromatic carbocycles. The molecule has 1 atom stereocenters. The summed E-state index contributed by atoms with van der Waals surface area (Å²) in [4.78, 5) is 0. The number of halogens is 2. The van der Waals surface area contributed by atoms with Gasteiger partial charge in [0.1, 0.15) is 12.4 Å². The van der Waals surface area contributed by atoms with Crippen molar-refractivity contribution in [2.45, 2.75) is 32.4 Å². The summed E-state index contributed by atoms with van der Waals surface area (Å²) in [5.74, 6) is 0.808. The summed E-state index contributed by atoms with van der Waals surface area (Å²) < 4.78 is 7.00. The number of hydrogen-bond donors (Lipinski definition) is 1. The summed E-state index contributed by atoms with van der Waals surface area (Å²) >= 11 is 9.83. The number of benzene rings is 2. The van der Waals surface area contributed by atoms with E-state index in [1.165, 1.54) is 0 Å². The second kappa shape index (κ2) is 7.83. The SMILES string of the molecule is CCC(N)Cc1c(Cl)cccc1OCc1ccccc1Br. The normalized spacial score (nSPS) is 12.2. The summed E-state index contributed by atoms with van der Waals surface area (Å²) in [5.41, 5.74) is 8.14. The molecule has 2 nitrogen and oxygen atoms in total. The number of ether oxygens (including phenoxy) is 1. The van der Waals surface area contributed by atoms with Gasteiger partial charge in [-0.15, -0.1) is 0 Å². The second-order valence-electron chi connectivity index (χ2n) is 4.97. The van der Waals surface area contributed by atoms with Crippen molar-refractivity contribution < 1.29 is 4.74 Å². The van der Waals surface area contributed by atoms with Crippen LogP contribution in [0.1, 0.15) is 24.5 Å². The zero-order chi connectivity index (χ0) is 15.2. The Balaban J connectivity index is 2.16. The Morgan fingerprint density at radius 2 is 1.95 bits per heavy atom. The van der Waals surface area contributed by atoms with Crippen molar-refractivity contribution in [3.63, 3.8) is 0 Å². The Labute approximate surface area is 139 Å². The average Bonchev–Trinajstić information content (AvgIpc) is 2.49. The summed E-state index contributed by atoms with van der Waals surface area (Å²) in [7, 11) is 0. The highest BCUT2D eigenvalue weighted by atomic mass is 79.9. The lowest BCUT2D eigenvalue weighted by molar-refractivity contribution is 0.301. The predicted molar refractivity (Wildman–Crippen MR) is 91.9 cm³/mol. The molecule has 2 rings (SSSR count). The molecule has 0 heterocycles. The van der Waals surface area contributed by atoms with Gasteiger partial charge in [-0.05, 0) is 31.0 Å². The fraction of sp³-hybridized carbons (Fsp3) is 0.294. The molecule has 0 radical (unpaired) electrons. The highest BCUT2D eigenvalue weighted by Gasteiger charge is 2.12. The Hall–Kier alpha value is -1.03. The molecule has 0 fully saturated rings. The molecule has 0 spiro atoms. The number of nitrogens with two attached hydrogens (primary N) is 1. The molecule has 0 aliphatic carbocycles. The Bertz CT molecular complexity index is 603. The minimum Gasteiger partial charge on any atom is -0.489 e. The maximum Gasteiger partial charge on any atom is 0.124 e. The Kier molecular flexibility index (Phi) is 6.09. The molecule has 0 aliphatic rings. The molecule has 0 aromatic heterocycles. The first-order valence-electron chi connectivity index (χ1n) is 7.01. The summed E-state index contributed by atoms with van der Waals surface area (Å²) in [6, 6.07) is 13.8. The van der Waals surface area contributed by atoms with E-state index in [0.717, 1.165) is 34.2 Å². The second-order valence-corrected chi connectivity index (χ2v) is 6.23. The largest absolute Gasteiger partial charge is 0.489 e. The van der Waals surface area contributed by atoms with E-state index < -0.39 is 0 Å². The minimum atomic E-state index is 0.0933. The van der Waals surface area contributed by atoms with Crippen molar-refractivity contribution in [3.8, 4) is 5.75 Å². The summed E-state index contributed by atoms with van der Waals surface area (Å²) in [5, 5.41) is 0.712. The molecule has 21 heavy (non-hydrogen) atoms. The van der Waals surface area contributed by atoms with Crippen LogP contribution in [0.2, 0.25) is 5.02 Å². The standard InChI is InChI=1S/C17H19BrClNO/c1-2-13(20)10-14-16(19)8-5-9-17(14)21-11-12-6-3-4-7-15(12)18/h3-9,13H,2,10-11,20H2,1H3. The quantitative estimate of drug-likeness (QED) is 0.782. The van der Waals surface area contributed by atoms with Crippen LogP contribution in [-0.2, 0) is 13.0 Å². The van der Waals surface area contributed by atoms with Gasteiger partial charge < -0.3 is 10.5 Å². The zero-order valence-corrected chi connectivity index (χ0v) is 14.3. The van der Waals surface area contributed by atoms with E-state index in [4.69, 9.17) is 22.1 Å². The van der Waals surface area contributed by atoms with Gasteiger partial charge in [0.05, 0.1) is 0 Å². The lowest BCUT2D eigenvalue weighted by Crippen LogP contribution is -2.22. The van der Waals surface area contributed by atoms with E-state index >= 15 is 0 Å². The molecule has 112 valence electrons. The van der Waals surface area contributed by atoms with Crippen LogP contribution in [0, 0.1) is 0 Å². The third kappa shape index (κ3) is 4.47. The Morgan fingerprint density at radius 3 is 2.67 bits per heavy atom. The van der Waals surface area contributed by atoms with Crippen molar-refractivity contribution in [3.05, 3.63) is 63.1 Å². The molecule has 2 aromatic rings. The first-order valence-corrected chi connectivity index (χ1v) is 8.18. The fourth-order valence-electron chi connectivity index (χ4n) is 2.05. The van der Waals surface area contributed by atoms with Crippen LogP contribution in [0.25, 0.3) is 0 Å². The molecular formula is C17H19BrClNO. The van der Waals surface area contributed by atoms with Crippen LogP contribution in [0.4, 0.5) is 0 Å². The minimum absolute atomic E-state index is 0.0933. The van der Waals surface area contributed by atoms with Crippen molar-refractivity contribution in [2.24, 2.45) is 5.73 Å². The van der Waals surface area contributed by atoms with E-state index in [0.29, 0.717) is 11.6 Å². The van der Waals surface area contributed by atoms with Gasteiger partial charge >= 0.3 is 0 Å². The third-order valence-corrected chi connectivity index (χ3v) is 4.54. The summed E-state index contributed by atoms with van der Waals surface area (Å²) in [6.07, 6.45) is 1.64.